The number of ether oxygens (including phenoxy) is 2. The van der Waals surface area contributed by atoms with Crippen LogP contribution in [-0.4, -0.2) is 63.2 Å². The molecule has 1 aromatic carbocycles. The first-order chi connectivity index (χ1) is 23.9. The van der Waals surface area contributed by atoms with Gasteiger partial charge < -0.3 is 28.8 Å². The highest BCUT2D eigenvalue weighted by molar-refractivity contribution is 6.07. The molecule has 3 aliphatic heterocycles. The number of fused-ring (bicyclic) bond motifs is 4. The van der Waals surface area contributed by atoms with Gasteiger partial charge in [-0.2, -0.15) is 0 Å². The van der Waals surface area contributed by atoms with Gasteiger partial charge in [-0.1, -0.05) is 19.9 Å². The molecule has 1 aliphatic carbocycles. The number of anilines is 3. The first kappa shape index (κ1) is 32.4. The number of benzene rings is 1. The summed E-state index contributed by atoms with van der Waals surface area (Å²) in [7, 11) is 1.63. The maximum absolute atomic E-state index is 15.6. The normalized spacial score (nSPS) is 18.3. The summed E-state index contributed by atoms with van der Waals surface area (Å²) in [5.41, 5.74) is 6.97. The number of nitrogens with zero attached hydrogens (tertiary/aromatic N) is 5. The summed E-state index contributed by atoms with van der Waals surface area (Å²) in [5, 5.41) is 3.21. The molecule has 1 saturated heterocycles. The Morgan fingerprint density at radius 2 is 1.90 bits per heavy atom. The van der Waals surface area contributed by atoms with Crippen molar-refractivity contribution < 1.29 is 23.5 Å². The molecule has 11 nitrogen and oxygen atoms in total. The van der Waals surface area contributed by atoms with Gasteiger partial charge in [-0.25, -0.2) is 9.37 Å². The number of amides is 1. The van der Waals surface area contributed by atoms with Crippen molar-refractivity contribution in [3.8, 4) is 11.1 Å². The average molecular weight is 681 g/mol. The molecule has 50 heavy (non-hydrogen) atoms. The lowest BCUT2D eigenvalue weighted by Gasteiger charge is -2.39. The highest BCUT2D eigenvalue weighted by atomic mass is 19.1. The predicted octanol–water partition coefficient (Wildman–Crippen LogP) is 4.74. The number of carbonyl (C=O) groups is 2. The Hall–Kier alpha value is -4.81. The van der Waals surface area contributed by atoms with E-state index in [2.05, 4.69) is 28.6 Å². The second-order valence-electron chi connectivity index (χ2n) is 14.8. The fourth-order valence-corrected chi connectivity index (χ4v) is 7.93. The summed E-state index contributed by atoms with van der Waals surface area (Å²) in [6, 6.07) is 10.7. The van der Waals surface area contributed by atoms with Crippen LogP contribution >= 0.6 is 0 Å². The molecule has 4 aromatic rings. The van der Waals surface area contributed by atoms with Gasteiger partial charge in [0.15, 0.2) is 0 Å². The topological polar surface area (TPSA) is 111 Å². The lowest BCUT2D eigenvalue weighted by molar-refractivity contribution is -0.142. The Balaban J connectivity index is 1.14. The van der Waals surface area contributed by atoms with Crippen LogP contribution < -0.4 is 15.8 Å². The number of aromatic nitrogens is 3. The molecule has 0 saturated carbocycles. The van der Waals surface area contributed by atoms with Crippen LogP contribution in [0.15, 0.2) is 47.4 Å². The Morgan fingerprint density at radius 3 is 2.66 bits per heavy atom. The molecule has 1 fully saturated rings. The largest absolute Gasteiger partial charge is 0.461 e. The van der Waals surface area contributed by atoms with Crippen molar-refractivity contribution in [1.29, 1.82) is 0 Å². The number of nitrogens with one attached hydrogen (secondary N) is 1. The van der Waals surface area contributed by atoms with Crippen molar-refractivity contribution in [1.82, 2.24) is 19.0 Å². The highest BCUT2D eigenvalue weighted by Crippen LogP contribution is 2.41. The fourth-order valence-electron chi connectivity index (χ4n) is 7.93. The van der Waals surface area contributed by atoms with Gasteiger partial charge in [-0.05, 0) is 65.3 Å². The predicted molar refractivity (Wildman–Crippen MR) is 186 cm³/mol. The second kappa shape index (κ2) is 12.2. The Kier molecular flexibility index (Phi) is 7.91. The zero-order chi connectivity index (χ0) is 34.9. The fraction of sp³-hybridized carbons (Fsp3) is 0.421. The van der Waals surface area contributed by atoms with Crippen LogP contribution in [0.25, 0.3) is 11.1 Å². The zero-order valence-electron chi connectivity index (χ0n) is 28.8. The van der Waals surface area contributed by atoms with E-state index in [1.807, 2.05) is 18.2 Å². The minimum absolute atomic E-state index is 0.147. The minimum Gasteiger partial charge on any atom is -0.461 e. The van der Waals surface area contributed by atoms with E-state index in [0.717, 1.165) is 56.8 Å². The van der Waals surface area contributed by atoms with E-state index in [0.29, 0.717) is 53.0 Å². The third-order valence-electron chi connectivity index (χ3n) is 10.5. The molecule has 1 N–H and O–H groups in total. The smallest absolute Gasteiger partial charge is 0.302 e. The number of carbonyl (C=O) groups excluding carboxylic acids is 2. The zero-order valence-corrected chi connectivity index (χ0v) is 28.8. The van der Waals surface area contributed by atoms with Crippen molar-refractivity contribution in [2.45, 2.75) is 65.8 Å². The maximum Gasteiger partial charge on any atom is 0.302 e. The van der Waals surface area contributed by atoms with Crippen LogP contribution in [-0.2, 0) is 60.3 Å². The van der Waals surface area contributed by atoms with Gasteiger partial charge in [0.05, 0.1) is 24.9 Å². The molecular weight excluding hydrogens is 639 g/mol. The minimum atomic E-state index is -0.554. The average Bonchev–Trinajstić information content (AvgIpc) is 3.53. The molecular formula is C38H41FN6O5. The third-order valence-corrected chi connectivity index (χ3v) is 10.5. The molecule has 4 aliphatic rings. The quantitative estimate of drug-likeness (QED) is 0.279. The molecule has 1 amide bonds. The molecule has 260 valence electrons. The third kappa shape index (κ3) is 5.79. The lowest BCUT2D eigenvalue weighted by Crippen LogP contribution is -2.50. The molecule has 3 aromatic heterocycles. The van der Waals surface area contributed by atoms with E-state index in [9.17, 15) is 14.4 Å². The molecule has 8 rings (SSSR count). The number of pyridine rings is 2. The molecule has 0 radical (unpaired) electrons. The van der Waals surface area contributed by atoms with E-state index in [-0.39, 0.29) is 29.2 Å². The number of hydrogen-bond donors (Lipinski definition) is 1. The standard InChI is InChI=1S/C38H41FN6O5/c1-22(46)50-21-29-28(13-26(39)14-32(29)45-10-9-44-33(37(45)48)12-24-15-38(2,3)16-34(24)44)25-11-31(36(47)42(4)17-25)41-35-6-5-23-18-43(27-19-49-20-27)8-7-30(23)40-35/h5-6,11-14,17,27H,7-10,15-16,18-21H2,1-4H3,(H,40,41). The van der Waals surface area contributed by atoms with Gasteiger partial charge in [-0.3, -0.25) is 19.3 Å². The SMILES string of the molecule is CC(=O)OCc1c(-c2cc(Nc3ccc4c(n3)CCN(C3COC3)C4)c(=O)n(C)c2)cc(F)cc1N1CCn2c(cc3c2CC(C)(C)C3)C1=O. The van der Waals surface area contributed by atoms with E-state index in [1.165, 1.54) is 34.9 Å². The lowest BCUT2D eigenvalue weighted by atomic mass is 9.90. The van der Waals surface area contributed by atoms with Crippen LogP contribution in [0.3, 0.4) is 0 Å². The van der Waals surface area contributed by atoms with E-state index in [1.54, 1.807) is 24.2 Å². The summed E-state index contributed by atoms with van der Waals surface area (Å²) in [6.45, 7) is 9.73. The van der Waals surface area contributed by atoms with Crippen LogP contribution in [0.1, 0.15) is 59.3 Å². The Morgan fingerprint density at radius 1 is 1.08 bits per heavy atom. The number of esters is 1. The van der Waals surface area contributed by atoms with Crippen molar-refractivity contribution in [2.24, 2.45) is 12.5 Å². The summed E-state index contributed by atoms with van der Waals surface area (Å²) < 4.78 is 30.0. The van der Waals surface area contributed by atoms with E-state index in [4.69, 9.17) is 14.5 Å². The second-order valence-corrected chi connectivity index (χ2v) is 14.8. The summed E-state index contributed by atoms with van der Waals surface area (Å²) >= 11 is 0. The molecule has 0 spiro atoms. The molecule has 12 heteroatoms. The van der Waals surface area contributed by atoms with Gasteiger partial charge in [0, 0.05) is 75.3 Å². The van der Waals surface area contributed by atoms with Crippen LogP contribution in [0.4, 0.5) is 21.6 Å². The number of hydrogen-bond acceptors (Lipinski definition) is 8. The Bertz CT molecular complexity index is 2120. The molecule has 0 unspecified atom stereocenters. The van der Waals surface area contributed by atoms with E-state index >= 15 is 4.39 Å². The molecule has 6 heterocycles. The summed E-state index contributed by atoms with van der Waals surface area (Å²) in [6.07, 6.45) is 4.22. The van der Waals surface area contributed by atoms with Gasteiger partial charge in [-0.15, -0.1) is 0 Å². The van der Waals surface area contributed by atoms with E-state index < -0.39 is 11.8 Å². The van der Waals surface area contributed by atoms with Crippen LogP contribution in [0.5, 0.6) is 0 Å². The van der Waals surface area contributed by atoms with Gasteiger partial charge in [0.2, 0.25) is 0 Å². The highest BCUT2D eigenvalue weighted by Gasteiger charge is 2.37. The summed E-state index contributed by atoms with van der Waals surface area (Å²) in [5.74, 6) is -0.749. The van der Waals surface area contributed by atoms with Crippen molar-refractivity contribution in [2.75, 3.05) is 36.5 Å². The van der Waals surface area contributed by atoms with Crippen molar-refractivity contribution in [3.63, 3.8) is 0 Å². The van der Waals surface area contributed by atoms with Crippen molar-refractivity contribution in [3.05, 3.63) is 92.5 Å². The van der Waals surface area contributed by atoms with Crippen molar-refractivity contribution >= 4 is 29.1 Å². The van der Waals surface area contributed by atoms with Gasteiger partial charge in [0.25, 0.3) is 11.5 Å². The summed E-state index contributed by atoms with van der Waals surface area (Å²) in [4.78, 5) is 48.4. The number of rotatable bonds is 7. The molecule has 0 bridgehead atoms. The van der Waals surface area contributed by atoms with Gasteiger partial charge in [0.1, 0.15) is 29.6 Å². The first-order valence-electron chi connectivity index (χ1n) is 17.2. The monoisotopic (exact) mass is 680 g/mol. The Labute approximate surface area is 289 Å². The number of halogens is 1. The maximum atomic E-state index is 15.6. The van der Waals surface area contributed by atoms with Crippen LogP contribution in [0, 0.1) is 11.2 Å². The van der Waals surface area contributed by atoms with Crippen LogP contribution in [0.2, 0.25) is 0 Å². The molecule has 0 atom stereocenters. The van der Waals surface area contributed by atoms with Gasteiger partial charge >= 0.3 is 5.97 Å². The number of aryl methyl sites for hydroxylation is 1. The first-order valence-corrected chi connectivity index (χ1v) is 17.2.